The third-order valence-electron chi connectivity index (χ3n) is 14.2. The lowest BCUT2D eigenvalue weighted by Crippen LogP contribution is -2.74. The van der Waals surface area contributed by atoms with Gasteiger partial charge in [-0.2, -0.15) is 0 Å². The molecule has 0 bridgehead atoms. The highest BCUT2D eigenvalue weighted by Gasteiger charge is 2.42. The van der Waals surface area contributed by atoms with Crippen molar-refractivity contribution in [3.63, 3.8) is 0 Å². The lowest BCUT2D eigenvalue weighted by Gasteiger charge is -2.36. The average Bonchev–Trinajstić information content (AvgIpc) is 3.98. The molecular weight excluding hydrogens is 867 g/mol. The number of hydrogen-bond donors (Lipinski definition) is 0. The van der Waals surface area contributed by atoms with Gasteiger partial charge in [-0.1, -0.05) is 243 Å². The van der Waals surface area contributed by atoms with Crippen LogP contribution in [-0.4, -0.2) is 12.6 Å². The molecule has 0 atom stereocenters. The predicted molar refractivity (Wildman–Crippen MR) is 299 cm³/mol. The zero-order valence-electron chi connectivity index (χ0n) is 37.8. The molecule has 3 heteroatoms. The van der Waals surface area contributed by atoms with Crippen molar-refractivity contribution in [1.29, 1.82) is 0 Å². The van der Waals surface area contributed by atoms with Crippen LogP contribution in [0.5, 0.6) is 0 Å². The average molecular weight is 912 g/mol. The van der Waals surface area contributed by atoms with Gasteiger partial charge in [0.2, 0.25) is 0 Å². The second-order valence-corrected chi connectivity index (χ2v) is 22.8. The van der Waals surface area contributed by atoms with Crippen LogP contribution in [0.3, 0.4) is 0 Å². The Morgan fingerprint density at radius 2 is 0.739 bits per heavy atom. The maximum Gasteiger partial charge on any atom is 0.179 e. The Kier molecular flexibility index (Phi) is 10.1. The molecule has 0 aliphatic rings. The summed E-state index contributed by atoms with van der Waals surface area (Å²) in [6.45, 7) is 0. The summed E-state index contributed by atoms with van der Waals surface area (Å²) in [4.78, 5) is 0. The fourth-order valence-corrected chi connectivity index (χ4v) is 17.0. The molecule has 69 heavy (non-hydrogen) atoms. The highest BCUT2D eigenvalue weighted by molar-refractivity contribution is 7.26. The van der Waals surface area contributed by atoms with Gasteiger partial charge in [-0.25, -0.2) is 0 Å². The molecule has 0 spiro atoms. The quantitative estimate of drug-likeness (QED) is 0.100. The number of aromatic nitrogens is 1. The van der Waals surface area contributed by atoms with Crippen LogP contribution < -0.4 is 20.7 Å². The number of nitrogens with zero attached hydrogens (tertiary/aromatic N) is 1. The van der Waals surface area contributed by atoms with Crippen molar-refractivity contribution >= 4 is 82.1 Å². The number of rotatable bonds is 9. The number of para-hydroxylation sites is 1. The second-order valence-electron chi connectivity index (χ2n) is 17.9. The molecule has 2 heterocycles. The molecular formula is C66H45NSSi. The maximum atomic E-state index is 2.56. The van der Waals surface area contributed by atoms with E-state index in [1.54, 1.807) is 0 Å². The molecule has 0 amide bonds. The summed E-state index contributed by atoms with van der Waals surface area (Å²) in [7, 11) is -3.06. The number of benzene rings is 11. The Morgan fingerprint density at radius 1 is 0.275 bits per heavy atom. The van der Waals surface area contributed by atoms with Gasteiger partial charge in [-0.3, -0.25) is 0 Å². The standard InChI is InChI=1S/C66H45NSSi/c1-6-21-46(22-7-1)47-37-40-53(41-38-47)69(51-27-12-4-13-28-51,52-29-14-5-15-30-52)54-44-58(48-23-8-2-9-24-48)66(59(45-54)49-25-10-3-11-26-49)67-61-34-18-16-31-56(61)60-43-50(39-42-62(60)67)55-33-20-36-64-65(55)57-32-17-19-35-63(57)68-64/h1-45H. The third kappa shape index (κ3) is 6.81. The molecule has 0 aliphatic carbocycles. The van der Waals surface area contributed by atoms with E-state index in [1.165, 1.54) is 113 Å². The highest BCUT2D eigenvalue weighted by Crippen LogP contribution is 2.44. The smallest absolute Gasteiger partial charge is 0.179 e. The lowest BCUT2D eigenvalue weighted by atomic mass is 9.95. The Bertz CT molecular complexity index is 3870. The van der Waals surface area contributed by atoms with E-state index in [2.05, 4.69) is 278 Å². The first kappa shape index (κ1) is 40.9. The molecule has 0 saturated carbocycles. The molecule has 11 aromatic carbocycles. The van der Waals surface area contributed by atoms with Gasteiger partial charge in [0.25, 0.3) is 0 Å². The molecule has 1 nitrogen and oxygen atoms in total. The molecule has 0 radical (unpaired) electrons. The largest absolute Gasteiger partial charge is 0.308 e. The van der Waals surface area contributed by atoms with E-state index in [1.807, 2.05) is 11.3 Å². The van der Waals surface area contributed by atoms with E-state index in [-0.39, 0.29) is 0 Å². The molecule has 2 aromatic heterocycles. The fraction of sp³-hybridized carbons (Fsp3) is 0. The van der Waals surface area contributed by atoms with Crippen LogP contribution >= 0.6 is 11.3 Å². The van der Waals surface area contributed by atoms with Gasteiger partial charge in [-0.05, 0) is 84.5 Å². The number of thiophene rings is 1. The summed E-state index contributed by atoms with van der Waals surface area (Å²) in [6, 6.07) is 102. The normalized spacial score (nSPS) is 11.8. The topological polar surface area (TPSA) is 4.93 Å². The monoisotopic (exact) mass is 911 g/mol. The molecule has 0 unspecified atom stereocenters. The number of hydrogen-bond acceptors (Lipinski definition) is 1. The first-order valence-corrected chi connectivity index (χ1v) is 26.6. The minimum absolute atomic E-state index is 1.17. The Balaban J connectivity index is 1.13. The van der Waals surface area contributed by atoms with E-state index >= 15 is 0 Å². The first-order valence-electron chi connectivity index (χ1n) is 23.7. The van der Waals surface area contributed by atoms with Crippen molar-refractivity contribution < 1.29 is 0 Å². The summed E-state index contributed by atoms with van der Waals surface area (Å²) in [5.41, 5.74) is 13.2. The van der Waals surface area contributed by atoms with E-state index in [0.717, 1.165) is 0 Å². The van der Waals surface area contributed by atoms with Gasteiger partial charge >= 0.3 is 0 Å². The molecule has 0 aliphatic heterocycles. The summed E-state index contributed by atoms with van der Waals surface area (Å²) in [5.74, 6) is 0. The van der Waals surface area contributed by atoms with Gasteiger partial charge in [0, 0.05) is 42.1 Å². The number of fused-ring (bicyclic) bond motifs is 6. The Morgan fingerprint density at radius 3 is 1.36 bits per heavy atom. The summed E-state index contributed by atoms with van der Waals surface area (Å²) < 4.78 is 5.19. The van der Waals surface area contributed by atoms with Crippen LogP contribution in [0, 0.1) is 0 Å². The van der Waals surface area contributed by atoms with Crippen molar-refractivity contribution in [2.45, 2.75) is 0 Å². The van der Waals surface area contributed by atoms with Crippen LogP contribution in [0.15, 0.2) is 273 Å². The van der Waals surface area contributed by atoms with Gasteiger partial charge in [0.1, 0.15) is 0 Å². The molecule has 0 saturated heterocycles. The van der Waals surface area contributed by atoms with E-state index in [4.69, 9.17) is 0 Å². The van der Waals surface area contributed by atoms with E-state index < -0.39 is 8.07 Å². The zero-order chi connectivity index (χ0) is 45.7. The minimum atomic E-state index is -3.06. The summed E-state index contributed by atoms with van der Waals surface area (Å²) in [5, 5.41) is 10.4. The van der Waals surface area contributed by atoms with Gasteiger partial charge in [0.05, 0.1) is 16.7 Å². The summed E-state index contributed by atoms with van der Waals surface area (Å²) >= 11 is 1.87. The molecule has 324 valence electrons. The minimum Gasteiger partial charge on any atom is -0.308 e. The van der Waals surface area contributed by atoms with Crippen LogP contribution in [-0.2, 0) is 0 Å². The third-order valence-corrected chi connectivity index (χ3v) is 20.0. The van der Waals surface area contributed by atoms with Crippen molar-refractivity contribution in [3.05, 3.63) is 273 Å². The SMILES string of the molecule is c1ccc(-c2ccc([Si](c3ccccc3)(c3ccccc3)c3cc(-c4ccccc4)c(-n4c5ccccc5c5cc(-c6cccc7sc8ccccc8c67)ccc54)c(-c4ccccc4)c3)cc2)cc1. The van der Waals surface area contributed by atoms with Crippen LogP contribution in [0.1, 0.15) is 0 Å². The van der Waals surface area contributed by atoms with Crippen LogP contribution in [0.4, 0.5) is 0 Å². The molecule has 0 fully saturated rings. The van der Waals surface area contributed by atoms with Crippen molar-refractivity contribution in [2.75, 3.05) is 0 Å². The second kappa shape index (κ2) is 17.1. The Labute approximate surface area is 407 Å². The van der Waals surface area contributed by atoms with Crippen molar-refractivity contribution in [1.82, 2.24) is 4.57 Å². The predicted octanol–water partition coefficient (Wildman–Crippen LogP) is 15.2. The fourth-order valence-electron chi connectivity index (χ4n) is 11.1. The van der Waals surface area contributed by atoms with Gasteiger partial charge in [-0.15, -0.1) is 11.3 Å². The molecule has 0 N–H and O–H groups in total. The summed E-state index contributed by atoms with van der Waals surface area (Å²) in [6.07, 6.45) is 0. The lowest BCUT2D eigenvalue weighted by molar-refractivity contribution is 1.18. The van der Waals surface area contributed by atoms with Crippen LogP contribution in [0.2, 0.25) is 0 Å². The van der Waals surface area contributed by atoms with Crippen molar-refractivity contribution in [2.24, 2.45) is 0 Å². The van der Waals surface area contributed by atoms with Crippen molar-refractivity contribution in [3.8, 4) is 50.2 Å². The molecule has 13 rings (SSSR count). The van der Waals surface area contributed by atoms with Gasteiger partial charge < -0.3 is 4.57 Å². The first-order chi connectivity index (χ1) is 34.2. The molecule has 13 aromatic rings. The Hall–Kier alpha value is -8.34. The maximum absolute atomic E-state index is 3.06. The zero-order valence-corrected chi connectivity index (χ0v) is 39.7. The highest BCUT2D eigenvalue weighted by atomic mass is 32.1. The van der Waals surface area contributed by atoms with Crippen LogP contribution in [0.25, 0.3) is 92.2 Å². The van der Waals surface area contributed by atoms with Gasteiger partial charge in [0.15, 0.2) is 8.07 Å². The van der Waals surface area contributed by atoms with E-state index in [0.29, 0.717) is 0 Å². The van der Waals surface area contributed by atoms with E-state index in [9.17, 15) is 0 Å².